The van der Waals surface area contributed by atoms with Crippen molar-refractivity contribution in [3.05, 3.63) is 30.0 Å². The average Bonchev–Trinajstić information content (AvgIpc) is 2.86. The van der Waals surface area contributed by atoms with Crippen LogP contribution in [0.25, 0.3) is 11.0 Å². The monoisotopic (exact) mass is 326 g/mol. The molecule has 0 amide bonds. The highest BCUT2D eigenvalue weighted by molar-refractivity contribution is 9.09. The molecule has 2 rings (SSSR count). The number of para-hydroxylation sites is 1. The maximum absolute atomic E-state index is 11.1. The van der Waals surface area contributed by atoms with Crippen LogP contribution in [0.15, 0.2) is 28.9 Å². The van der Waals surface area contributed by atoms with Crippen LogP contribution in [0.2, 0.25) is 0 Å². The summed E-state index contributed by atoms with van der Waals surface area (Å²) < 4.78 is 15.5. The molecule has 0 bridgehead atoms. The zero-order valence-corrected chi connectivity index (χ0v) is 12.2. The smallest absolute Gasteiger partial charge is 0.343 e. The molecule has 1 aromatic carbocycles. The van der Waals surface area contributed by atoms with Crippen molar-refractivity contribution in [3.63, 3.8) is 0 Å². The van der Waals surface area contributed by atoms with Gasteiger partial charge in [0.05, 0.1) is 13.4 Å². The molecule has 0 fully saturated rings. The quantitative estimate of drug-likeness (QED) is 0.603. The van der Waals surface area contributed by atoms with Gasteiger partial charge in [0.25, 0.3) is 0 Å². The zero-order chi connectivity index (χ0) is 13.7. The van der Waals surface area contributed by atoms with Crippen molar-refractivity contribution >= 4 is 32.9 Å². The minimum Gasteiger partial charge on any atom is -0.478 e. The molecule has 5 heteroatoms. The Morgan fingerprint density at radius 3 is 3.00 bits per heavy atom. The first-order chi connectivity index (χ1) is 9.26. The van der Waals surface area contributed by atoms with Crippen molar-refractivity contribution in [1.82, 2.24) is 0 Å². The zero-order valence-electron chi connectivity index (χ0n) is 10.6. The van der Waals surface area contributed by atoms with Crippen LogP contribution in [-0.2, 0) is 16.0 Å². The highest BCUT2D eigenvalue weighted by Crippen LogP contribution is 2.30. The summed E-state index contributed by atoms with van der Waals surface area (Å²) >= 11 is 3.42. The van der Waals surface area contributed by atoms with Gasteiger partial charge in [-0.15, -0.1) is 0 Å². The van der Waals surface area contributed by atoms with Gasteiger partial charge in [-0.3, -0.25) is 0 Å². The predicted octanol–water partition coefficient (Wildman–Crippen LogP) is 3.31. The van der Waals surface area contributed by atoms with Crippen molar-refractivity contribution in [2.45, 2.75) is 12.8 Å². The first-order valence-corrected chi connectivity index (χ1v) is 7.13. The van der Waals surface area contributed by atoms with Crippen LogP contribution in [0.1, 0.15) is 12.0 Å². The molecule has 0 N–H and O–H groups in total. The van der Waals surface area contributed by atoms with Crippen LogP contribution < -0.4 is 4.74 Å². The Bertz CT molecular complexity index is 562. The third-order valence-electron chi connectivity index (χ3n) is 2.80. The van der Waals surface area contributed by atoms with Gasteiger partial charge in [0.2, 0.25) is 0 Å². The summed E-state index contributed by atoms with van der Waals surface area (Å²) in [5, 5.41) is 1.99. The van der Waals surface area contributed by atoms with Gasteiger partial charge in [-0.1, -0.05) is 28.1 Å². The topological polar surface area (TPSA) is 48.7 Å². The van der Waals surface area contributed by atoms with Gasteiger partial charge in [0.15, 0.2) is 17.9 Å². The molecular formula is C14H15BrO4. The third kappa shape index (κ3) is 3.29. The van der Waals surface area contributed by atoms with E-state index in [2.05, 4.69) is 20.7 Å². The molecule has 19 heavy (non-hydrogen) atoms. The number of hydrogen-bond donors (Lipinski definition) is 0. The lowest BCUT2D eigenvalue weighted by Crippen LogP contribution is -2.12. The second-order valence-electron chi connectivity index (χ2n) is 4.05. The Morgan fingerprint density at radius 1 is 1.42 bits per heavy atom. The number of carbonyl (C=O) groups excluding carboxylic acids is 1. The van der Waals surface area contributed by atoms with Gasteiger partial charge in [-0.2, -0.15) is 0 Å². The summed E-state index contributed by atoms with van der Waals surface area (Å²) in [6.45, 7) is -0.118. The number of ether oxygens (including phenoxy) is 2. The number of alkyl halides is 1. The lowest BCUT2D eigenvalue weighted by atomic mass is 10.1. The van der Waals surface area contributed by atoms with E-state index in [9.17, 15) is 4.79 Å². The summed E-state index contributed by atoms with van der Waals surface area (Å²) in [6, 6.07) is 5.67. The predicted molar refractivity (Wildman–Crippen MR) is 75.8 cm³/mol. The SMILES string of the molecule is COC(=O)COc1cccc2c(CCCBr)coc12. The fourth-order valence-electron chi connectivity index (χ4n) is 1.84. The molecule has 4 nitrogen and oxygen atoms in total. The van der Waals surface area contributed by atoms with Crippen LogP contribution in [-0.4, -0.2) is 25.0 Å². The number of fused-ring (bicyclic) bond motifs is 1. The number of aryl methyl sites for hydroxylation is 1. The van der Waals surface area contributed by atoms with Gasteiger partial charge >= 0.3 is 5.97 Å². The number of rotatable bonds is 6. The molecule has 0 unspecified atom stereocenters. The van der Waals surface area contributed by atoms with Crippen molar-refractivity contribution in [1.29, 1.82) is 0 Å². The van der Waals surface area contributed by atoms with Crippen molar-refractivity contribution in [3.8, 4) is 5.75 Å². The molecule has 0 saturated carbocycles. The van der Waals surface area contributed by atoms with E-state index in [1.165, 1.54) is 7.11 Å². The van der Waals surface area contributed by atoms with E-state index < -0.39 is 5.97 Å². The summed E-state index contributed by atoms with van der Waals surface area (Å²) in [7, 11) is 1.33. The number of halogens is 1. The maximum atomic E-state index is 11.1. The minimum absolute atomic E-state index is 0.118. The van der Waals surface area contributed by atoms with Gasteiger partial charge < -0.3 is 13.9 Å². The summed E-state index contributed by atoms with van der Waals surface area (Å²) in [5.74, 6) is 0.149. The van der Waals surface area contributed by atoms with E-state index in [4.69, 9.17) is 9.15 Å². The van der Waals surface area contributed by atoms with E-state index in [1.807, 2.05) is 12.1 Å². The van der Waals surface area contributed by atoms with Gasteiger partial charge in [0, 0.05) is 10.7 Å². The molecule has 0 saturated heterocycles. The van der Waals surface area contributed by atoms with Crippen molar-refractivity contribution in [2.24, 2.45) is 0 Å². The molecule has 0 aliphatic heterocycles. The lowest BCUT2D eigenvalue weighted by Gasteiger charge is -2.05. The van der Waals surface area contributed by atoms with E-state index >= 15 is 0 Å². The fourth-order valence-corrected chi connectivity index (χ4v) is 2.12. The Morgan fingerprint density at radius 2 is 2.26 bits per heavy atom. The second kappa shape index (κ2) is 6.61. The van der Waals surface area contributed by atoms with Crippen LogP contribution in [0.4, 0.5) is 0 Å². The lowest BCUT2D eigenvalue weighted by molar-refractivity contribution is -0.142. The number of methoxy groups -OCH3 is 1. The fraction of sp³-hybridized carbons (Fsp3) is 0.357. The second-order valence-corrected chi connectivity index (χ2v) is 4.84. The highest BCUT2D eigenvalue weighted by Gasteiger charge is 2.11. The van der Waals surface area contributed by atoms with Crippen LogP contribution in [0, 0.1) is 0 Å². The number of furan rings is 1. The standard InChI is InChI=1S/C14H15BrO4/c1-17-13(16)9-18-12-6-2-5-11-10(4-3-7-15)8-19-14(11)12/h2,5-6,8H,3-4,7,9H2,1H3. The van der Waals surface area contributed by atoms with E-state index in [1.54, 1.807) is 12.3 Å². The minimum atomic E-state index is -0.414. The molecule has 0 spiro atoms. The van der Waals surface area contributed by atoms with Crippen LogP contribution in [0.3, 0.4) is 0 Å². The number of hydrogen-bond acceptors (Lipinski definition) is 4. The molecule has 102 valence electrons. The molecule has 2 aromatic rings. The molecule has 0 aliphatic carbocycles. The van der Waals surface area contributed by atoms with Gasteiger partial charge in [-0.05, 0) is 24.5 Å². The first kappa shape index (κ1) is 13.9. The molecule has 1 aromatic heterocycles. The maximum Gasteiger partial charge on any atom is 0.343 e. The Labute approximate surface area is 119 Å². The Kier molecular flexibility index (Phi) is 4.85. The van der Waals surface area contributed by atoms with E-state index in [-0.39, 0.29) is 6.61 Å². The largest absolute Gasteiger partial charge is 0.478 e. The van der Waals surface area contributed by atoms with E-state index in [0.29, 0.717) is 11.3 Å². The summed E-state index contributed by atoms with van der Waals surface area (Å²) in [4.78, 5) is 11.1. The third-order valence-corrected chi connectivity index (χ3v) is 3.36. The summed E-state index contributed by atoms with van der Waals surface area (Å²) in [5.41, 5.74) is 1.83. The van der Waals surface area contributed by atoms with Crippen LogP contribution >= 0.6 is 15.9 Å². The summed E-state index contributed by atoms with van der Waals surface area (Å²) in [6.07, 6.45) is 3.74. The highest BCUT2D eigenvalue weighted by atomic mass is 79.9. The van der Waals surface area contributed by atoms with Crippen LogP contribution in [0.5, 0.6) is 5.75 Å². The number of esters is 1. The van der Waals surface area contributed by atoms with Crippen molar-refractivity contribution < 1.29 is 18.7 Å². The number of carbonyl (C=O) groups is 1. The van der Waals surface area contributed by atoms with Crippen molar-refractivity contribution in [2.75, 3.05) is 19.0 Å². The van der Waals surface area contributed by atoms with E-state index in [0.717, 1.165) is 29.1 Å². The molecule has 0 radical (unpaired) electrons. The van der Waals surface area contributed by atoms with Gasteiger partial charge in [0.1, 0.15) is 0 Å². The molecular weight excluding hydrogens is 312 g/mol. The average molecular weight is 327 g/mol. The first-order valence-electron chi connectivity index (χ1n) is 6.01. The molecule has 0 atom stereocenters. The number of benzene rings is 1. The van der Waals surface area contributed by atoms with Gasteiger partial charge in [-0.25, -0.2) is 4.79 Å². The molecule has 1 heterocycles. The normalized spacial score (nSPS) is 10.6. The Hall–Kier alpha value is -1.49. The Balaban J connectivity index is 2.21. The molecule has 0 aliphatic rings.